The lowest BCUT2D eigenvalue weighted by molar-refractivity contribution is -0.151. The van der Waals surface area contributed by atoms with E-state index in [4.69, 9.17) is 15.2 Å². The number of hydrogen-bond donors (Lipinski definition) is 1. The lowest BCUT2D eigenvalue weighted by atomic mass is 10.0. The maximum absolute atomic E-state index is 13.2. The molecule has 3 aromatic carbocycles. The van der Waals surface area contributed by atoms with Crippen molar-refractivity contribution in [3.8, 4) is 11.5 Å². The van der Waals surface area contributed by atoms with Gasteiger partial charge in [0.05, 0.1) is 18.1 Å². The molecule has 4 rings (SSSR count). The Hall–Kier alpha value is -4.33. The molecular weight excluding hydrogens is 480 g/mol. The average molecular weight is 515 g/mol. The third-order valence-corrected chi connectivity index (χ3v) is 6.80. The van der Waals surface area contributed by atoms with E-state index in [9.17, 15) is 9.59 Å². The summed E-state index contributed by atoms with van der Waals surface area (Å²) in [6.07, 6.45) is 1.92. The fourth-order valence-electron chi connectivity index (χ4n) is 4.67. The number of aromatic nitrogens is 2. The van der Waals surface area contributed by atoms with Gasteiger partial charge in [0.15, 0.2) is 0 Å². The van der Waals surface area contributed by atoms with E-state index in [1.54, 1.807) is 7.05 Å². The van der Waals surface area contributed by atoms with Crippen LogP contribution in [0, 0.1) is 0 Å². The predicted octanol–water partition coefficient (Wildman–Crippen LogP) is 5.38. The summed E-state index contributed by atoms with van der Waals surface area (Å²) in [5.41, 5.74) is 8.91. The van der Waals surface area contributed by atoms with Gasteiger partial charge in [-0.15, -0.1) is 0 Å². The molecule has 0 aliphatic rings. The summed E-state index contributed by atoms with van der Waals surface area (Å²) in [5.74, 6) is 1.24. The molecular formula is C30H34N4O4. The van der Waals surface area contributed by atoms with Crippen molar-refractivity contribution in [3.05, 3.63) is 84.4 Å². The minimum absolute atomic E-state index is 0.0602. The highest BCUT2D eigenvalue weighted by Gasteiger charge is 2.28. The van der Waals surface area contributed by atoms with Gasteiger partial charge in [-0.1, -0.05) is 55.5 Å². The summed E-state index contributed by atoms with van der Waals surface area (Å²) < 4.78 is 13.0. The number of benzene rings is 3. The first-order valence-corrected chi connectivity index (χ1v) is 12.8. The molecule has 1 heterocycles. The van der Waals surface area contributed by atoms with Crippen LogP contribution < -0.4 is 10.5 Å². The minimum atomic E-state index is -0.702. The van der Waals surface area contributed by atoms with E-state index in [1.165, 1.54) is 12.0 Å². The van der Waals surface area contributed by atoms with Gasteiger partial charge < -0.3 is 24.7 Å². The van der Waals surface area contributed by atoms with Gasteiger partial charge in [0, 0.05) is 32.0 Å². The fourth-order valence-corrected chi connectivity index (χ4v) is 4.67. The molecule has 198 valence electrons. The molecule has 1 aromatic heterocycles. The zero-order chi connectivity index (χ0) is 27.1. The van der Waals surface area contributed by atoms with Crippen molar-refractivity contribution in [2.45, 2.75) is 44.7 Å². The summed E-state index contributed by atoms with van der Waals surface area (Å²) >= 11 is 0. The number of methoxy groups -OCH3 is 1. The van der Waals surface area contributed by atoms with E-state index in [0.29, 0.717) is 24.5 Å². The Morgan fingerprint density at radius 2 is 1.68 bits per heavy atom. The summed E-state index contributed by atoms with van der Waals surface area (Å²) in [4.78, 5) is 31.8. The van der Waals surface area contributed by atoms with Crippen LogP contribution in [0.25, 0.3) is 11.0 Å². The number of carbonyl (C=O) groups is 2. The lowest BCUT2D eigenvalue weighted by Crippen LogP contribution is -2.44. The van der Waals surface area contributed by atoms with Crippen LogP contribution in [0.5, 0.6) is 11.5 Å². The van der Waals surface area contributed by atoms with Gasteiger partial charge >= 0.3 is 5.97 Å². The number of likely N-dealkylation sites (N-methyl/N-ethyl adjacent to an activating group) is 1. The van der Waals surface area contributed by atoms with E-state index in [2.05, 4.69) is 11.9 Å². The molecule has 0 saturated heterocycles. The number of rotatable bonds is 11. The zero-order valence-electron chi connectivity index (χ0n) is 22.0. The topological polar surface area (TPSA) is 99.7 Å². The van der Waals surface area contributed by atoms with Crippen molar-refractivity contribution in [2.24, 2.45) is 0 Å². The molecule has 2 N–H and O–H groups in total. The first kappa shape index (κ1) is 26.7. The molecule has 0 fully saturated rings. The zero-order valence-corrected chi connectivity index (χ0v) is 22.0. The minimum Gasteiger partial charge on any atom is -0.467 e. The van der Waals surface area contributed by atoms with Crippen molar-refractivity contribution in [1.29, 1.82) is 0 Å². The van der Waals surface area contributed by atoms with Crippen LogP contribution in [0.15, 0.2) is 78.9 Å². The Balaban J connectivity index is 1.50. The number of nitrogen functional groups attached to an aromatic ring is 1. The van der Waals surface area contributed by atoms with Gasteiger partial charge in [-0.05, 0) is 42.7 Å². The second kappa shape index (κ2) is 12.3. The number of esters is 1. The highest BCUT2D eigenvalue weighted by atomic mass is 16.5. The fraction of sp³-hybridized carbons (Fsp3) is 0.300. The van der Waals surface area contributed by atoms with Crippen LogP contribution in [0.4, 0.5) is 5.95 Å². The van der Waals surface area contributed by atoms with Gasteiger partial charge in [0.1, 0.15) is 17.5 Å². The van der Waals surface area contributed by atoms with E-state index in [1.807, 2.05) is 83.4 Å². The van der Waals surface area contributed by atoms with E-state index in [0.717, 1.165) is 28.8 Å². The molecule has 2 atom stereocenters. The van der Waals surface area contributed by atoms with E-state index >= 15 is 0 Å². The molecule has 8 nitrogen and oxygen atoms in total. The van der Waals surface area contributed by atoms with Crippen LogP contribution in [-0.2, 0) is 20.7 Å². The van der Waals surface area contributed by atoms with Crippen LogP contribution >= 0.6 is 0 Å². The molecule has 1 amide bonds. The van der Waals surface area contributed by atoms with Crippen molar-refractivity contribution in [1.82, 2.24) is 14.5 Å². The van der Waals surface area contributed by atoms with Gasteiger partial charge in [-0.3, -0.25) is 4.79 Å². The van der Waals surface area contributed by atoms with Gasteiger partial charge in [0.25, 0.3) is 0 Å². The third-order valence-electron chi connectivity index (χ3n) is 6.80. The molecule has 0 saturated carbocycles. The molecule has 0 aliphatic heterocycles. The molecule has 0 bridgehead atoms. The van der Waals surface area contributed by atoms with Crippen LogP contribution in [-0.4, -0.2) is 46.5 Å². The number of fused-ring (bicyclic) bond motifs is 1. The van der Waals surface area contributed by atoms with Crippen LogP contribution in [0.3, 0.4) is 0 Å². The molecule has 0 spiro atoms. The standard InChI is InChI=1S/C30H34N4O4/c1-4-22(15-18-28(35)33(2)27(29(36)37-3)19-21-11-7-5-8-12-21)34-26-20-24(16-17-25(26)32-30(34)31)38-23-13-9-6-10-14-23/h5-14,16-17,20,22,27H,4,15,18-19H2,1-3H3,(H2,31,32)/t22-,27+/m1/s1. The van der Waals surface area contributed by atoms with E-state index < -0.39 is 12.0 Å². The first-order valence-electron chi connectivity index (χ1n) is 12.8. The number of imidazole rings is 1. The quantitative estimate of drug-likeness (QED) is 0.270. The second-order valence-electron chi connectivity index (χ2n) is 9.24. The monoisotopic (exact) mass is 514 g/mol. The van der Waals surface area contributed by atoms with Gasteiger partial charge in [-0.2, -0.15) is 0 Å². The largest absolute Gasteiger partial charge is 0.467 e. The Bertz CT molecular complexity index is 1370. The molecule has 0 unspecified atom stereocenters. The number of ether oxygens (including phenoxy) is 2. The Morgan fingerprint density at radius 3 is 2.34 bits per heavy atom. The average Bonchev–Trinajstić information content (AvgIpc) is 3.27. The highest BCUT2D eigenvalue weighted by molar-refractivity contribution is 5.85. The first-order chi connectivity index (χ1) is 18.4. The maximum Gasteiger partial charge on any atom is 0.328 e. The molecule has 8 heteroatoms. The number of hydrogen-bond acceptors (Lipinski definition) is 6. The summed E-state index contributed by atoms with van der Waals surface area (Å²) in [5, 5.41) is 0. The van der Waals surface area contributed by atoms with Crippen LogP contribution in [0.2, 0.25) is 0 Å². The second-order valence-corrected chi connectivity index (χ2v) is 9.24. The number of amides is 1. The van der Waals surface area contributed by atoms with Crippen molar-refractivity contribution in [3.63, 3.8) is 0 Å². The Labute approximate surface area is 223 Å². The smallest absolute Gasteiger partial charge is 0.328 e. The number of para-hydroxylation sites is 1. The predicted molar refractivity (Wildman–Crippen MR) is 148 cm³/mol. The maximum atomic E-state index is 13.2. The van der Waals surface area contributed by atoms with Gasteiger partial charge in [0.2, 0.25) is 11.9 Å². The molecule has 38 heavy (non-hydrogen) atoms. The third kappa shape index (κ3) is 6.14. The number of anilines is 1. The number of nitrogens with zero attached hydrogens (tertiary/aromatic N) is 3. The molecule has 0 aliphatic carbocycles. The number of nitrogens with two attached hydrogens (primary N) is 1. The highest BCUT2D eigenvalue weighted by Crippen LogP contribution is 2.32. The van der Waals surface area contributed by atoms with Gasteiger partial charge in [-0.25, -0.2) is 9.78 Å². The van der Waals surface area contributed by atoms with E-state index in [-0.39, 0.29) is 18.4 Å². The summed E-state index contributed by atoms with van der Waals surface area (Å²) in [7, 11) is 3.00. The van der Waals surface area contributed by atoms with Crippen molar-refractivity contribution in [2.75, 3.05) is 19.9 Å². The van der Waals surface area contributed by atoms with Crippen molar-refractivity contribution >= 4 is 28.9 Å². The molecule has 4 aromatic rings. The van der Waals surface area contributed by atoms with Crippen LogP contribution in [0.1, 0.15) is 37.8 Å². The Morgan fingerprint density at radius 1 is 1.00 bits per heavy atom. The summed E-state index contributed by atoms with van der Waals surface area (Å²) in [6.45, 7) is 2.06. The number of carbonyl (C=O) groups excluding carboxylic acids is 2. The SMILES string of the molecule is CC[C@H](CCC(=O)N(C)[C@@H](Cc1ccccc1)C(=O)OC)n1c(N)nc2ccc(Oc3ccccc3)cc21. The normalized spacial score (nSPS) is 12.6. The molecule has 0 radical (unpaired) electrons. The Kier molecular flexibility index (Phi) is 8.63. The lowest BCUT2D eigenvalue weighted by Gasteiger charge is -2.27. The van der Waals surface area contributed by atoms with Crippen molar-refractivity contribution < 1.29 is 19.1 Å². The summed E-state index contributed by atoms with van der Waals surface area (Å²) in [6, 6.07) is 24.1.